The second-order valence-corrected chi connectivity index (χ2v) is 5.18. The molecule has 1 aliphatic heterocycles. The van der Waals surface area contributed by atoms with E-state index in [4.69, 9.17) is 0 Å². The number of hydrogen-bond acceptors (Lipinski definition) is 3. The van der Waals surface area contributed by atoms with E-state index in [-0.39, 0.29) is 5.41 Å². The van der Waals surface area contributed by atoms with E-state index in [0.29, 0.717) is 6.04 Å². The molecule has 1 aromatic heterocycles. The van der Waals surface area contributed by atoms with Crippen LogP contribution in [0, 0.1) is 0 Å². The first-order valence-corrected chi connectivity index (χ1v) is 5.49. The fraction of sp³-hybridized carbons (Fsp3) is 0.583. The highest BCUT2D eigenvalue weighted by Crippen LogP contribution is 2.23. The van der Waals surface area contributed by atoms with Crippen LogP contribution in [-0.2, 0) is 5.41 Å². The van der Waals surface area contributed by atoms with E-state index < -0.39 is 0 Å². The largest absolute Gasteiger partial charge is 0.365 e. The molecule has 0 spiro atoms. The van der Waals surface area contributed by atoms with Crippen LogP contribution in [0.4, 0.5) is 5.82 Å². The second-order valence-electron chi connectivity index (χ2n) is 5.18. The van der Waals surface area contributed by atoms with Crippen molar-refractivity contribution >= 4 is 5.82 Å². The van der Waals surface area contributed by atoms with Crippen molar-refractivity contribution in [2.75, 3.05) is 18.4 Å². The molecule has 15 heavy (non-hydrogen) atoms. The smallest absolute Gasteiger partial charge is 0.126 e. The van der Waals surface area contributed by atoms with Crippen molar-refractivity contribution < 1.29 is 0 Å². The highest BCUT2D eigenvalue weighted by atomic mass is 15.1. The van der Waals surface area contributed by atoms with E-state index in [0.717, 1.165) is 18.9 Å². The summed E-state index contributed by atoms with van der Waals surface area (Å²) < 4.78 is 0. The lowest BCUT2D eigenvalue weighted by Gasteiger charge is -2.29. The lowest BCUT2D eigenvalue weighted by atomic mass is 9.88. The van der Waals surface area contributed by atoms with Crippen LogP contribution in [0.15, 0.2) is 18.3 Å². The van der Waals surface area contributed by atoms with Crippen molar-refractivity contribution in [3.05, 3.63) is 23.9 Å². The summed E-state index contributed by atoms with van der Waals surface area (Å²) in [5, 5.41) is 6.65. The molecule has 3 nitrogen and oxygen atoms in total. The molecule has 1 saturated heterocycles. The van der Waals surface area contributed by atoms with Crippen LogP contribution >= 0.6 is 0 Å². The summed E-state index contributed by atoms with van der Waals surface area (Å²) >= 11 is 0. The SMILES string of the molecule is CC(C)(C)c1ccnc(NC2CNC2)c1. The third kappa shape index (κ3) is 2.48. The Kier molecular flexibility index (Phi) is 2.65. The molecule has 0 radical (unpaired) electrons. The van der Waals surface area contributed by atoms with Crippen molar-refractivity contribution in [3.8, 4) is 0 Å². The van der Waals surface area contributed by atoms with E-state index >= 15 is 0 Å². The Morgan fingerprint density at radius 3 is 2.67 bits per heavy atom. The Bertz CT molecular complexity index is 337. The van der Waals surface area contributed by atoms with E-state index in [1.165, 1.54) is 5.56 Å². The fourth-order valence-electron chi connectivity index (χ4n) is 1.58. The molecule has 2 rings (SSSR count). The molecule has 0 aromatic carbocycles. The van der Waals surface area contributed by atoms with Crippen molar-refractivity contribution in [1.82, 2.24) is 10.3 Å². The van der Waals surface area contributed by atoms with Crippen LogP contribution in [0.25, 0.3) is 0 Å². The summed E-state index contributed by atoms with van der Waals surface area (Å²) in [6.07, 6.45) is 1.88. The maximum absolute atomic E-state index is 4.34. The van der Waals surface area contributed by atoms with E-state index in [9.17, 15) is 0 Å². The zero-order valence-electron chi connectivity index (χ0n) is 9.67. The quantitative estimate of drug-likeness (QED) is 0.772. The number of hydrogen-bond donors (Lipinski definition) is 2. The van der Waals surface area contributed by atoms with Crippen LogP contribution in [0.5, 0.6) is 0 Å². The van der Waals surface area contributed by atoms with E-state index in [1.807, 2.05) is 6.20 Å². The van der Waals surface area contributed by atoms with Gasteiger partial charge in [-0.25, -0.2) is 4.98 Å². The number of pyridine rings is 1. The highest BCUT2D eigenvalue weighted by molar-refractivity contribution is 5.41. The minimum atomic E-state index is 0.192. The molecule has 0 atom stereocenters. The molecular formula is C12H19N3. The maximum Gasteiger partial charge on any atom is 0.126 e. The Labute approximate surface area is 91.3 Å². The molecule has 0 saturated carbocycles. The van der Waals surface area contributed by atoms with Gasteiger partial charge >= 0.3 is 0 Å². The predicted octanol–water partition coefficient (Wildman–Crippen LogP) is 1.76. The highest BCUT2D eigenvalue weighted by Gasteiger charge is 2.18. The minimum absolute atomic E-state index is 0.192. The van der Waals surface area contributed by atoms with Gasteiger partial charge in [-0.15, -0.1) is 0 Å². The van der Waals surface area contributed by atoms with Gasteiger partial charge in [0.05, 0.1) is 6.04 Å². The average molecular weight is 205 g/mol. The van der Waals surface area contributed by atoms with Gasteiger partial charge in [0.2, 0.25) is 0 Å². The summed E-state index contributed by atoms with van der Waals surface area (Å²) in [6.45, 7) is 8.74. The summed E-state index contributed by atoms with van der Waals surface area (Å²) in [7, 11) is 0. The average Bonchev–Trinajstić information content (AvgIpc) is 2.11. The third-order valence-corrected chi connectivity index (χ3v) is 2.76. The van der Waals surface area contributed by atoms with Crippen LogP contribution in [0.2, 0.25) is 0 Å². The summed E-state index contributed by atoms with van der Waals surface area (Å²) in [5.74, 6) is 0.994. The van der Waals surface area contributed by atoms with Gasteiger partial charge in [0, 0.05) is 19.3 Å². The first-order chi connectivity index (χ1) is 7.05. The molecule has 3 heteroatoms. The summed E-state index contributed by atoms with van der Waals surface area (Å²) in [4.78, 5) is 4.34. The third-order valence-electron chi connectivity index (χ3n) is 2.76. The second kappa shape index (κ2) is 3.81. The van der Waals surface area contributed by atoms with Gasteiger partial charge in [0.25, 0.3) is 0 Å². The van der Waals surface area contributed by atoms with Gasteiger partial charge in [-0.2, -0.15) is 0 Å². The van der Waals surface area contributed by atoms with Crippen molar-refractivity contribution in [2.45, 2.75) is 32.2 Å². The topological polar surface area (TPSA) is 37.0 Å². The minimum Gasteiger partial charge on any atom is -0.365 e. The molecule has 0 bridgehead atoms. The lowest BCUT2D eigenvalue weighted by molar-refractivity contribution is 0.471. The zero-order chi connectivity index (χ0) is 10.9. The van der Waals surface area contributed by atoms with Crippen LogP contribution in [0.1, 0.15) is 26.3 Å². The van der Waals surface area contributed by atoms with Gasteiger partial charge in [-0.3, -0.25) is 0 Å². The van der Waals surface area contributed by atoms with Crippen molar-refractivity contribution in [2.24, 2.45) is 0 Å². The molecule has 0 unspecified atom stereocenters. The Morgan fingerprint density at radius 2 is 2.13 bits per heavy atom. The number of anilines is 1. The molecule has 1 fully saturated rings. The van der Waals surface area contributed by atoms with Crippen molar-refractivity contribution in [3.63, 3.8) is 0 Å². The predicted molar refractivity (Wildman–Crippen MR) is 63.2 cm³/mol. The molecule has 82 valence electrons. The van der Waals surface area contributed by atoms with Crippen LogP contribution < -0.4 is 10.6 Å². The molecule has 0 amide bonds. The first kappa shape index (κ1) is 10.4. The van der Waals surface area contributed by atoms with Gasteiger partial charge in [-0.1, -0.05) is 20.8 Å². The summed E-state index contributed by atoms with van der Waals surface area (Å²) in [5.41, 5.74) is 1.52. The number of rotatable bonds is 2. The normalized spacial score (nSPS) is 17.3. The van der Waals surface area contributed by atoms with E-state index in [1.54, 1.807) is 0 Å². The first-order valence-electron chi connectivity index (χ1n) is 5.49. The maximum atomic E-state index is 4.34. The van der Waals surface area contributed by atoms with E-state index in [2.05, 4.69) is 48.5 Å². The standard InChI is InChI=1S/C12H19N3/c1-12(2,3)9-4-5-14-11(6-9)15-10-7-13-8-10/h4-6,10,13H,7-8H2,1-3H3,(H,14,15). The van der Waals surface area contributed by atoms with Crippen LogP contribution in [-0.4, -0.2) is 24.1 Å². The molecular weight excluding hydrogens is 186 g/mol. The molecule has 1 aliphatic rings. The van der Waals surface area contributed by atoms with Crippen molar-refractivity contribution in [1.29, 1.82) is 0 Å². The monoisotopic (exact) mass is 205 g/mol. The molecule has 2 heterocycles. The fourth-order valence-corrected chi connectivity index (χ4v) is 1.58. The van der Waals surface area contributed by atoms with Gasteiger partial charge < -0.3 is 10.6 Å². The molecule has 2 N–H and O–H groups in total. The number of nitrogens with one attached hydrogen (secondary N) is 2. The Morgan fingerprint density at radius 1 is 1.40 bits per heavy atom. The van der Waals surface area contributed by atoms with Gasteiger partial charge in [0.1, 0.15) is 5.82 Å². The van der Waals surface area contributed by atoms with Gasteiger partial charge in [-0.05, 0) is 23.1 Å². The van der Waals surface area contributed by atoms with Crippen LogP contribution in [0.3, 0.4) is 0 Å². The summed E-state index contributed by atoms with van der Waals surface area (Å²) in [6, 6.07) is 4.79. The molecule has 0 aliphatic carbocycles. The number of aromatic nitrogens is 1. The Balaban J connectivity index is 2.11. The Hall–Kier alpha value is -1.09. The number of nitrogens with zero attached hydrogens (tertiary/aromatic N) is 1. The zero-order valence-corrected chi connectivity index (χ0v) is 9.67. The van der Waals surface area contributed by atoms with Gasteiger partial charge in [0.15, 0.2) is 0 Å². The molecule has 1 aromatic rings. The lowest BCUT2D eigenvalue weighted by Crippen LogP contribution is -2.51.